The molecule has 0 aliphatic carbocycles. The lowest BCUT2D eigenvalue weighted by Crippen LogP contribution is -2.38. The van der Waals surface area contributed by atoms with Gasteiger partial charge in [0.2, 0.25) is 11.8 Å². The van der Waals surface area contributed by atoms with Crippen LogP contribution in [0.1, 0.15) is 5.56 Å². The number of benzene rings is 2. The molecule has 0 radical (unpaired) electrons. The number of ether oxygens (including phenoxy) is 1. The average molecular weight is 431 g/mol. The van der Waals surface area contributed by atoms with Gasteiger partial charge >= 0.3 is 0 Å². The van der Waals surface area contributed by atoms with E-state index in [4.69, 9.17) is 16.3 Å². The largest absolute Gasteiger partial charge is 0.378 e. The van der Waals surface area contributed by atoms with Gasteiger partial charge in [-0.1, -0.05) is 23.7 Å². The molecule has 0 bridgehead atoms. The summed E-state index contributed by atoms with van der Waals surface area (Å²) >= 11 is 5.85. The molecular weight excluding hydrogens is 404 g/mol. The molecule has 0 atom stereocenters. The number of halogens is 1. The molecule has 1 saturated heterocycles. The fraction of sp³-hybridized carbons (Fsp3) is 0.364. The van der Waals surface area contributed by atoms with Gasteiger partial charge in [-0.05, 0) is 49.0 Å². The maximum atomic E-state index is 12.3. The van der Waals surface area contributed by atoms with Crippen molar-refractivity contribution in [1.29, 1.82) is 0 Å². The minimum atomic E-state index is -0.165. The summed E-state index contributed by atoms with van der Waals surface area (Å²) in [6.45, 7) is 3.89. The van der Waals surface area contributed by atoms with Crippen LogP contribution in [0.5, 0.6) is 0 Å². The summed E-state index contributed by atoms with van der Waals surface area (Å²) in [5, 5.41) is 6.37. The van der Waals surface area contributed by atoms with Gasteiger partial charge in [-0.2, -0.15) is 0 Å². The van der Waals surface area contributed by atoms with Gasteiger partial charge in [-0.15, -0.1) is 0 Å². The molecule has 1 fully saturated rings. The number of carbonyl (C=O) groups excluding carboxylic acids is 2. The van der Waals surface area contributed by atoms with Crippen molar-refractivity contribution in [3.05, 3.63) is 59.1 Å². The Balaban J connectivity index is 1.39. The highest BCUT2D eigenvalue weighted by molar-refractivity contribution is 6.30. The van der Waals surface area contributed by atoms with Gasteiger partial charge in [0.25, 0.3) is 0 Å². The van der Waals surface area contributed by atoms with Gasteiger partial charge in [0.15, 0.2) is 0 Å². The molecule has 0 unspecified atom stereocenters. The first-order valence-corrected chi connectivity index (χ1v) is 10.3. The quantitative estimate of drug-likeness (QED) is 0.672. The van der Waals surface area contributed by atoms with Crippen molar-refractivity contribution in [1.82, 2.24) is 10.2 Å². The molecule has 0 saturated carbocycles. The summed E-state index contributed by atoms with van der Waals surface area (Å²) in [7, 11) is 1.74. The van der Waals surface area contributed by atoms with Gasteiger partial charge in [-0.3, -0.25) is 14.5 Å². The molecule has 0 spiro atoms. The number of nitrogens with zero attached hydrogens (tertiary/aromatic N) is 2. The molecular formula is C22H27ClN4O3. The minimum Gasteiger partial charge on any atom is -0.378 e. The van der Waals surface area contributed by atoms with E-state index in [0.717, 1.165) is 43.2 Å². The van der Waals surface area contributed by atoms with Crippen molar-refractivity contribution in [2.75, 3.05) is 56.7 Å². The maximum Gasteiger partial charge on any atom is 0.238 e. The van der Waals surface area contributed by atoms with E-state index in [0.29, 0.717) is 11.6 Å². The van der Waals surface area contributed by atoms with Crippen LogP contribution >= 0.6 is 11.6 Å². The van der Waals surface area contributed by atoms with E-state index in [-0.39, 0.29) is 24.9 Å². The highest BCUT2D eigenvalue weighted by atomic mass is 35.5. The number of amides is 2. The highest BCUT2D eigenvalue weighted by Gasteiger charge is 2.13. The molecule has 2 aromatic rings. The van der Waals surface area contributed by atoms with Gasteiger partial charge in [0, 0.05) is 36.0 Å². The molecule has 0 aromatic heterocycles. The standard InChI is InChI=1S/C22H27ClN4O3/c1-26(15-21(28)24-14-17-2-4-18(23)5-3-17)16-22(29)25-19-6-8-20(9-7-19)27-10-12-30-13-11-27/h2-9H,10-16H2,1H3,(H,24,28)(H,25,29). The van der Waals surface area contributed by atoms with Gasteiger partial charge in [0.1, 0.15) is 0 Å². The monoisotopic (exact) mass is 430 g/mol. The molecule has 2 aromatic carbocycles. The Morgan fingerprint density at radius 3 is 2.30 bits per heavy atom. The van der Waals surface area contributed by atoms with Crippen LogP contribution in [-0.2, 0) is 20.9 Å². The van der Waals surface area contributed by atoms with E-state index in [9.17, 15) is 9.59 Å². The summed E-state index contributed by atoms with van der Waals surface area (Å²) in [5.74, 6) is -0.308. The van der Waals surface area contributed by atoms with Crippen molar-refractivity contribution in [3.63, 3.8) is 0 Å². The number of hydrogen-bond acceptors (Lipinski definition) is 5. The normalized spacial score (nSPS) is 13.9. The molecule has 1 heterocycles. The van der Waals surface area contributed by atoms with Crippen LogP contribution in [0.2, 0.25) is 5.02 Å². The number of anilines is 2. The molecule has 160 valence electrons. The summed E-state index contributed by atoms with van der Waals surface area (Å²) in [4.78, 5) is 28.3. The third kappa shape index (κ3) is 7.02. The van der Waals surface area contributed by atoms with E-state index in [2.05, 4.69) is 15.5 Å². The zero-order valence-corrected chi connectivity index (χ0v) is 17.8. The Bertz CT molecular complexity index is 836. The van der Waals surface area contributed by atoms with E-state index in [1.165, 1.54) is 0 Å². The Labute approximate surface area is 181 Å². The number of rotatable bonds is 8. The number of nitrogens with one attached hydrogen (secondary N) is 2. The zero-order chi connectivity index (χ0) is 21.3. The Kier molecular flexibility index (Phi) is 8.07. The topological polar surface area (TPSA) is 73.9 Å². The van der Waals surface area contributed by atoms with Crippen molar-refractivity contribution in [2.24, 2.45) is 0 Å². The van der Waals surface area contributed by atoms with E-state index in [1.54, 1.807) is 24.1 Å². The fourth-order valence-corrected chi connectivity index (χ4v) is 3.31. The predicted molar refractivity (Wildman–Crippen MR) is 119 cm³/mol. The summed E-state index contributed by atoms with van der Waals surface area (Å²) < 4.78 is 5.37. The Hall–Kier alpha value is -2.61. The third-order valence-electron chi connectivity index (χ3n) is 4.76. The first-order valence-electron chi connectivity index (χ1n) is 9.92. The van der Waals surface area contributed by atoms with Gasteiger partial charge in [-0.25, -0.2) is 0 Å². The Morgan fingerprint density at radius 2 is 1.63 bits per heavy atom. The summed E-state index contributed by atoms with van der Waals surface area (Å²) in [6, 6.07) is 15.1. The molecule has 1 aliphatic rings. The molecule has 3 rings (SSSR count). The van der Waals surface area contributed by atoms with Crippen LogP contribution in [0, 0.1) is 0 Å². The first-order chi connectivity index (χ1) is 14.5. The van der Waals surface area contributed by atoms with Crippen molar-refractivity contribution in [3.8, 4) is 0 Å². The molecule has 2 amide bonds. The summed E-state index contributed by atoms with van der Waals surface area (Å²) in [5.41, 5.74) is 2.82. The number of carbonyl (C=O) groups is 2. The van der Waals surface area contributed by atoms with Crippen LogP contribution in [0.15, 0.2) is 48.5 Å². The average Bonchev–Trinajstić information content (AvgIpc) is 2.74. The third-order valence-corrected chi connectivity index (χ3v) is 5.01. The van der Waals surface area contributed by atoms with E-state index < -0.39 is 0 Å². The lowest BCUT2D eigenvalue weighted by atomic mass is 10.2. The van der Waals surface area contributed by atoms with Crippen molar-refractivity contribution in [2.45, 2.75) is 6.54 Å². The second kappa shape index (κ2) is 11.0. The van der Waals surface area contributed by atoms with Crippen molar-refractivity contribution < 1.29 is 14.3 Å². The van der Waals surface area contributed by atoms with Crippen molar-refractivity contribution >= 4 is 34.8 Å². The number of hydrogen-bond donors (Lipinski definition) is 2. The lowest BCUT2D eigenvalue weighted by molar-refractivity contribution is -0.123. The number of morpholine rings is 1. The maximum absolute atomic E-state index is 12.3. The predicted octanol–water partition coefficient (Wildman–Crippen LogP) is 2.36. The Morgan fingerprint density at radius 1 is 1.00 bits per heavy atom. The van der Waals surface area contributed by atoms with Crippen LogP contribution < -0.4 is 15.5 Å². The molecule has 30 heavy (non-hydrogen) atoms. The highest BCUT2D eigenvalue weighted by Crippen LogP contribution is 2.19. The van der Waals surface area contributed by atoms with Crippen LogP contribution in [0.25, 0.3) is 0 Å². The smallest absolute Gasteiger partial charge is 0.238 e. The lowest BCUT2D eigenvalue weighted by Gasteiger charge is -2.28. The zero-order valence-electron chi connectivity index (χ0n) is 17.1. The first kappa shape index (κ1) is 22.1. The second-order valence-electron chi connectivity index (χ2n) is 7.27. The molecule has 2 N–H and O–H groups in total. The molecule has 1 aliphatic heterocycles. The van der Waals surface area contributed by atoms with Crippen LogP contribution in [-0.4, -0.2) is 63.2 Å². The minimum absolute atomic E-state index is 0.125. The van der Waals surface area contributed by atoms with Gasteiger partial charge in [0.05, 0.1) is 26.3 Å². The van der Waals surface area contributed by atoms with Gasteiger partial charge < -0.3 is 20.3 Å². The SMILES string of the molecule is CN(CC(=O)NCc1ccc(Cl)cc1)CC(=O)Nc1ccc(N2CCOCC2)cc1. The van der Waals surface area contributed by atoms with E-state index >= 15 is 0 Å². The number of likely N-dealkylation sites (N-methyl/N-ethyl adjacent to an activating group) is 1. The van der Waals surface area contributed by atoms with E-state index in [1.807, 2.05) is 36.4 Å². The summed E-state index contributed by atoms with van der Waals surface area (Å²) in [6.07, 6.45) is 0. The molecule has 8 heteroatoms. The molecule has 7 nitrogen and oxygen atoms in total. The second-order valence-corrected chi connectivity index (χ2v) is 7.71. The van der Waals surface area contributed by atoms with Crippen LogP contribution in [0.3, 0.4) is 0 Å². The van der Waals surface area contributed by atoms with Crippen LogP contribution in [0.4, 0.5) is 11.4 Å². The fourth-order valence-electron chi connectivity index (χ4n) is 3.18.